The van der Waals surface area contributed by atoms with Crippen molar-refractivity contribution in [2.24, 2.45) is 5.92 Å². The molecule has 1 aromatic carbocycles. The van der Waals surface area contributed by atoms with Gasteiger partial charge < -0.3 is 4.74 Å². The number of rotatable bonds is 1. The minimum atomic E-state index is -0.501. The van der Waals surface area contributed by atoms with Gasteiger partial charge in [-0.05, 0) is 52.2 Å². The van der Waals surface area contributed by atoms with E-state index in [2.05, 4.69) is 36.2 Å². The molecule has 0 saturated heterocycles. The van der Waals surface area contributed by atoms with Gasteiger partial charge in [0.2, 0.25) is 0 Å². The molecule has 24 heavy (non-hydrogen) atoms. The summed E-state index contributed by atoms with van der Waals surface area (Å²) < 4.78 is 6.77. The minimum Gasteiger partial charge on any atom is -0.443 e. The van der Waals surface area contributed by atoms with E-state index in [0.717, 1.165) is 28.2 Å². The Morgan fingerprint density at radius 1 is 1.38 bits per heavy atom. The highest BCUT2D eigenvalue weighted by Crippen LogP contribution is 2.32. The van der Waals surface area contributed by atoms with Crippen LogP contribution in [0.3, 0.4) is 0 Å². The van der Waals surface area contributed by atoms with Crippen LogP contribution in [0.2, 0.25) is 0 Å². The molecule has 0 aliphatic carbocycles. The van der Waals surface area contributed by atoms with Crippen LogP contribution < -0.4 is 0 Å². The van der Waals surface area contributed by atoms with E-state index in [-0.39, 0.29) is 6.09 Å². The summed E-state index contributed by atoms with van der Waals surface area (Å²) in [7, 11) is 0. The van der Waals surface area contributed by atoms with Gasteiger partial charge in [-0.1, -0.05) is 19.1 Å². The van der Waals surface area contributed by atoms with Gasteiger partial charge in [0.1, 0.15) is 5.60 Å². The third kappa shape index (κ3) is 3.61. The summed E-state index contributed by atoms with van der Waals surface area (Å²) in [5, 5.41) is 1.05. The Hall–Kier alpha value is -1.88. The topological polar surface area (TPSA) is 42.4 Å². The Morgan fingerprint density at radius 3 is 2.83 bits per heavy atom. The maximum Gasteiger partial charge on any atom is 0.414 e. The first-order chi connectivity index (χ1) is 11.2. The molecule has 5 heteroatoms. The van der Waals surface area contributed by atoms with E-state index in [0.29, 0.717) is 12.5 Å². The predicted molar refractivity (Wildman–Crippen MR) is 99.1 cm³/mol. The summed E-state index contributed by atoms with van der Waals surface area (Å²) in [4.78, 5) is 19.0. The zero-order valence-corrected chi connectivity index (χ0v) is 15.7. The number of carbonyl (C=O) groups excluding carboxylic acids is 1. The van der Waals surface area contributed by atoms with Crippen LogP contribution >= 0.6 is 11.3 Å². The van der Waals surface area contributed by atoms with Gasteiger partial charge >= 0.3 is 6.09 Å². The first-order valence-electron chi connectivity index (χ1n) is 8.31. The van der Waals surface area contributed by atoms with Crippen molar-refractivity contribution in [3.63, 3.8) is 0 Å². The summed E-state index contributed by atoms with van der Waals surface area (Å²) in [6.07, 6.45) is 2.82. The molecule has 2 heterocycles. The molecule has 0 N–H and O–H groups in total. The smallest absolute Gasteiger partial charge is 0.414 e. The van der Waals surface area contributed by atoms with E-state index in [1.54, 1.807) is 16.2 Å². The molecule has 2 aromatic rings. The number of benzene rings is 1. The molecule has 0 spiro atoms. The molecule has 3 rings (SSSR count). The van der Waals surface area contributed by atoms with Crippen LogP contribution in [0.15, 0.2) is 24.3 Å². The Bertz CT molecular complexity index is 801. The van der Waals surface area contributed by atoms with Gasteiger partial charge in [-0.2, -0.15) is 0 Å². The van der Waals surface area contributed by atoms with Gasteiger partial charge in [-0.25, -0.2) is 9.78 Å². The van der Waals surface area contributed by atoms with Crippen molar-refractivity contribution in [2.75, 3.05) is 6.54 Å². The number of hydrogen-bond donors (Lipinski definition) is 0. The largest absolute Gasteiger partial charge is 0.443 e. The van der Waals surface area contributed by atoms with Crippen LogP contribution in [0.4, 0.5) is 4.79 Å². The molecule has 4 nitrogen and oxygen atoms in total. The number of thiazole rings is 1. The number of nitrogens with zero attached hydrogens (tertiary/aromatic N) is 2. The fourth-order valence-corrected chi connectivity index (χ4v) is 3.68. The number of aromatic nitrogens is 1. The molecule has 1 atom stereocenters. The second-order valence-corrected chi connectivity index (χ2v) is 8.67. The summed E-state index contributed by atoms with van der Waals surface area (Å²) in [6, 6.07) is 6.22. The maximum absolute atomic E-state index is 12.7. The van der Waals surface area contributed by atoms with Gasteiger partial charge in [0, 0.05) is 12.1 Å². The molecule has 1 unspecified atom stereocenters. The lowest BCUT2D eigenvalue weighted by Gasteiger charge is -2.33. The highest BCUT2D eigenvalue weighted by molar-refractivity contribution is 7.18. The molecule has 1 aliphatic rings. The van der Waals surface area contributed by atoms with Crippen molar-refractivity contribution >= 4 is 33.3 Å². The summed E-state index contributed by atoms with van der Waals surface area (Å²) in [5.41, 5.74) is 2.43. The van der Waals surface area contributed by atoms with E-state index in [9.17, 15) is 4.79 Å². The van der Waals surface area contributed by atoms with Crippen molar-refractivity contribution in [1.82, 2.24) is 9.88 Å². The zero-order valence-electron chi connectivity index (χ0n) is 14.9. The van der Waals surface area contributed by atoms with Crippen LogP contribution in [-0.4, -0.2) is 28.1 Å². The summed E-state index contributed by atoms with van der Waals surface area (Å²) in [5.74, 6) is 0.423. The second kappa shape index (κ2) is 6.20. The number of fused-ring (bicyclic) bond motifs is 1. The first-order valence-corrected chi connectivity index (χ1v) is 9.13. The number of aryl methyl sites for hydroxylation is 1. The van der Waals surface area contributed by atoms with Crippen LogP contribution in [0.25, 0.3) is 15.9 Å². The Labute approximate surface area is 147 Å². The van der Waals surface area contributed by atoms with Crippen LogP contribution in [0, 0.1) is 12.8 Å². The van der Waals surface area contributed by atoms with Gasteiger partial charge in [0.25, 0.3) is 0 Å². The normalized spacial score (nSPS) is 18.6. The molecule has 0 bridgehead atoms. The lowest BCUT2D eigenvalue weighted by Crippen LogP contribution is -2.39. The minimum absolute atomic E-state index is 0.283. The van der Waals surface area contributed by atoms with E-state index in [4.69, 9.17) is 4.74 Å². The van der Waals surface area contributed by atoms with Gasteiger partial charge in [-0.3, -0.25) is 4.90 Å². The van der Waals surface area contributed by atoms with Crippen LogP contribution in [-0.2, 0) is 4.74 Å². The monoisotopic (exact) mass is 344 g/mol. The van der Waals surface area contributed by atoms with Crippen molar-refractivity contribution in [1.29, 1.82) is 0 Å². The number of carbonyl (C=O) groups is 1. The Balaban J connectivity index is 1.96. The number of ether oxygens (including phenoxy) is 1. The average Bonchev–Trinajstić information content (AvgIpc) is 2.84. The Morgan fingerprint density at radius 2 is 2.12 bits per heavy atom. The lowest BCUT2D eigenvalue weighted by molar-refractivity contribution is 0.0327. The predicted octanol–water partition coefficient (Wildman–Crippen LogP) is 5.22. The fraction of sp³-hybridized carbons (Fsp3) is 0.474. The second-order valence-electron chi connectivity index (χ2n) is 7.44. The van der Waals surface area contributed by atoms with E-state index in [1.807, 2.05) is 27.7 Å². The zero-order chi connectivity index (χ0) is 17.5. The van der Waals surface area contributed by atoms with Gasteiger partial charge in [0.05, 0.1) is 20.9 Å². The standard InChI is InChI=1S/C19H24N2O2S/c1-12-6-8-16(21(11-12)18(22)23-19(3,4)5)14-7-9-17-15(10-14)20-13(2)24-17/h7-10,12H,6,11H2,1-5H3. The van der Waals surface area contributed by atoms with E-state index >= 15 is 0 Å². The Kier molecular flexibility index (Phi) is 4.38. The molecule has 0 radical (unpaired) electrons. The average molecular weight is 344 g/mol. The van der Waals surface area contributed by atoms with Gasteiger partial charge in [-0.15, -0.1) is 11.3 Å². The van der Waals surface area contributed by atoms with Crippen molar-refractivity contribution in [3.05, 3.63) is 34.8 Å². The van der Waals surface area contributed by atoms with Gasteiger partial charge in [0.15, 0.2) is 0 Å². The molecule has 128 valence electrons. The third-order valence-electron chi connectivity index (χ3n) is 3.90. The van der Waals surface area contributed by atoms with Crippen molar-refractivity contribution in [3.8, 4) is 0 Å². The van der Waals surface area contributed by atoms with Crippen LogP contribution in [0.5, 0.6) is 0 Å². The first kappa shape index (κ1) is 17.0. The van der Waals surface area contributed by atoms with Crippen molar-refractivity contribution in [2.45, 2.75) is 46.6 Å². The summed E-state index contributed by atoms with van der Waals surface area (Å²) in [6.45, 7) is 10.5. The molecule has 0 fully saturated rings. The number of amides is 1. The summed E-state index contributed by atoms with van der Waals surface area (Å²) >= 11 is 1.69. The highest BCUT2D eigenvalue weighted by Gasteiger charge is 2.29. The molecule has 0 saturated carbocycles. The number of allylic oxidation sites excluding steroid dienone is 1. The van der Waals surface area contributed by atoms with Crippen LogP contribution in [0.1, 0.15) is 44.7 Å². The molecule has 1 amide bonds. The lowest BCUT2D eigenvalue weighted by atomic mass is 9.98. The molecule has 1 aromatic heterocycles. The quantitative estimate of drug-likeness (QED) is 0.712. The number of hydrogen-bond acceptors (Lipinski definition) is 4. The molecular weight excluding hydrogens is 320 g/mol. The van der Waals surface area contributed by atoms with E-state index < -0.39 is 5.60 Å². The van der Waals surface area contributed by atoms with E-state index in [1.165, 1.54) is 4.70 Å². The molecule has 1 aliphatic heterocycles. The highest BCUT2D eigenvalue weighted by atomic mass is 32.1. The third-order valence-corrected chi connectivity index (χ3v) is 4.85. The van der Waals surface area contributed by atoms with Crippen molar-refractivity contribution < 1.29 is 9.53 Å². The fourth-order valence-electron chi connectivity index (χ4n) is 2.87. The SMILES string of the molecule is Cc1nc2cc(C3=CCC(C)CN3C(=O)OC(C)(C)C)ccc2s1. The molecular formula is C19H24N2O2S. The maximum atomic E-state index is 12.7.